The second kappa shape index (κ2) is 5.93. The van der Waals surface area contributed by atoms with Crippen LogP contribution in [-0.4, -0.2) is 6.54 Å². The van der Waals surface area contributed by atoms with Crippen molar-refractivity contribution in [3.63, 3.8) is 0 Å². The van der Waals surface area contributed by atoms with E-state index in [1.165, 1.54) is 42.5 Å². The van der Waals surface area contributed by atoms with Gasteiger partial charge in [-0.2, -0.15) is 0 Å². The van der Waals surface area contributed by atoms with Gasteiger partial charge in [0.15, 0.2) is 0 Å². The Morgan fingerprint density at radius 3 is 3.00 bits per heavy atom. The zero-order chi connectivity index (χ0) is 13.1. The van der Waals surface area contributed by atoms with Crippen molar-refractivity contribution in [2.45, 2.75) is 45.1 Å². The summed E-state index contributed by atoms with van der Waals surface area (Å²) in [7, 11) is 0. The summed E-state index contributed by atoms with van der Waals surface area (Å²) in [6.45, 7) is 3.13. The Morgan fingerprint density at radius 1 is 1.32 bits per heavy atom. The first-order valence-electron chi connectivity index (χ1n) is 7.25. The summed E-state index contributed by atoms with van der Waals surface area (Å²) in [5.74, 6) is 0. The average molecular weight is 275 g/mol. The fraction of sp³-hybridized carbons (Fsp3) is 0.500. The van der Waals surface area contributed by atoms with Crippen molar-refractivity contribution in [2.75, 3.05) is 6.54 Å². The molecule has 0 radical (unpaired) electrons. The molecule has 0 saturated heterocycles. The second-order valence-corrected chi connectivity index (χ2v) is 6.37. The first-order chi connectivity index (χ1) is 9.38. The van der Waals surface area contributed by atoms with Gasteiger partial charge in [0.05, 0.1) is 18.6 Å². The molecular formula is C16H21NOS. The predicted octanol–water partition coefficient (Wildman–Crippen LogP) is 4.31. The minimum absolute atomic E-state index is 0.292. The molecule has 1 unspecified atom stereocenters. The smallest absolute Gasteiger partial charge is 0.0954 e. The Hall–Kier alpha value is -1.06. The first-order valence-corrected chi connectivity index (χ1v) is 8.07. The molecule has 19 heavy (non-hydrogen) atoms. The Kier molecular flexibility index (Phi) is 4.04. The Morgan fingerprint density at radius 2 is 2.21 bits per heavy atom. The van der Waals surface area contributed by atoms with Crippen molar-refractivity contribution in [2.24, 2.45) is 0 Å². The third kappa shape index (κ3) is 2.77. The molecule has 1 atom stereocenters. The maximum Gasteiger partial charge on any atom is 0.0954 e. The van der Waals surface area contributed by atoms with Crippen LogP contribution in [0.25, 0.3) is 0 Å². The molecule has 0 saturated carbocycles. The zero-order valence-corrected chi connectivity index (χ0v) is 12.3. The van der Waals surface area contributed by atoms with Crippen LogP contribution >= 0.6 is 11.3 Å². The van der Waals surface area contributed by atoms with Gasteiger partial charge in [-0.25, -0.2) is 0 Å². The molecule has 0 aliphatic heterocycles. The average Bonchev–Trinajstić information content (AvgIpc) is 3.02. The number of thiophene rings is 1. The van der Waals surface area contributed by atoms with Gasteiger partial charge in [0.25, 0.3) is 0 Å². The van der Waals surface area contributed by atoms with E-state index in [4.69, 9.17) is 4.42 Å². The van der Waals surface area contributed by atoms with Gasteiger partial charge in [0, 0.05) is 15.3 Å². The lowest BCUT2D eigenvalue weighted by Gasteiger charge is -2.14. The fourth-order valence-corrected chi connectivity index (χ4v) is 4.22. The Bertz CT molecular complexity index is 491. The van der Waals surface area contributed by atoms with E-state index in [1.54, 1.807) is 16.7 Å². The third-order valence-electron chi connectivity index (χ3n) is 3.83. The maximum atomic E-state index is 5.25. The number of hydrogen-bond acceptors (Lipinski definition) is 3. The quantitative estimate of drug-likeness (QED) is 0.841. The number of nitrogens with one attached hydrogen (secondary N) is 1. The van der Waals surface area contributed by atoms with Crippen molar-refractivity contribution in [3.05, 3.63) is 45.5 Å². The molecule has 1 aliphatic carbocycles. The van der Waals surface area contributed by atoms with Gasteiger partial charge in [0.1, 0.15) is 0 Å². The van der Waals surface area contributed by atoms with E-state index in [1.807, 2.05) is 17.6 Å². The number of furan rings is 1. The van der Waals surface area contributed by atoms with Gasteiger partial charge in [0.2, 0.25) is 0 Å². The third-order valence-corrected chi connectivity index (χ3v) is 5.14. The Balaban J connectivity index is 1.90. The van der Waals surface area contributed by atoms with E-state index in [0.29, 0.717) is 6.04 Å². The number of hydrogen-bond donors (Lipinski definition) is 1. The molecule has 0 spiro atoms. The summed E-state index contributed by atoms with van der Waals surface area (Å²) in [6, 6.07) is 4.78. The Labute approximate surface area is 118 Å². The van der Waals surface area contributed by atoms with Crippen LogP contribution in [0.3, 0.4) is 0 Å². The van der Waals surface area contributed by atoms with E-state index < -0.39 is 0 Å². The van der Waals surface area contributed by atoms with Gasteiger partial charge in [-0.1, -0.05) is 13.3 Å². The topological polar surface area (TPSA) is 25.2 Å². The van der Waals surface area contributed by atoms with Gasteiger partial charge in [-0.15, -0.1) is 11.3 Å². The normalized spacial score (nSPS) is 16.9. The molecule has 3 rings (SSSR count). The highest BCUT2D eigenvalue weighted by molar-refractivity contribution is 7.12. The largest absolute Gasteiger partial charge is 0.472 e. The summed E-state index contributed by atoms with van der Waals surface area (Å²) in [4.78, 5) is 3.05. The van der Waals surface area contributed by atoms with E-state index in [2.05, 4.69) is 24.4 Å². The van der Waals surface area contributed by atoms with E-state index >= 15 is 0 Å². The molecule has 3 heteroatoms. The van der Waals surface area contributed by atoms with Crippen LogP contribution in [0.1, 0.15) is 53.1 Å². The van der Waals surface area contributed by atoms with Crippen molar-refractivity contribution in [1.82, 2.24) is 5.32 Å². The van der Waals surface area contributed by atoms with Crippen molar-refractivity contribution in [3.8, 4) is 0 Å². The molecule has 0 bridgehead atoms. The molecule has 1 aliphatic rings. The summed E-state index contributed by atoms with van der Waals surface area (Å²) in [5.41, 5.74) is 2.82. The van der Waals surface area contributed by atoms with Crippen molar-refractivity contribution < 1.29 is 4.42 Å². The maximum absolute atomic E-state index is 5.25. The summed E-state index contributed by atoms with van der Waals surface area (Å²) >= 11 is 1.99. The highest BCUT2D eigenvalue weighted by atomic mass is 32.1. The van der Waals surface area contributed by atoms with Crippen LogP contribution in [0, 0.1) is 0 Å². The molecule has 2 nitrogen and oxygen atoms in total. The summed E-state index contributed by atoms with van der Waals surface area (Å²) in [5, 5.41) is 3.58. The van der Waals surface area contributed by atoms with Gasteiger partial charge in [-0.05, 0) is 49.9 Å². The highest BCUT2D eigenvalue weighted by Crippen LogP contribution is 2.34. The van der Waals surface area contributed by atoms with Gasteiger partial charge in [-0.3, -0.25) is 0 Å². The summed E-state index contributed by atoms with van der Waals surface area (Å²) < 4.78 is 5.25. The standard InChI is InChI=1S/C16H21NOS/c1-2-17-16(13-8-9-18-11-13)15-10-12-6-4-3-5-7-14(12)19-15/h8-11,16-17H,2-7H2,1H3. The minimum Gasteiger partial charge on any atom is -0.472 e. The molecule has 2 heterocycles. The van der Waals surface area contributed by atoms with Crippen LogP contribution in [-0.2, 0) is 12.8 Å². The van der Waals surface area contributed by atoms with Crippen LogP contribution in [0.5, 0.6) is 0 Å². The van der Waals surface area contributed by atoms with Crippen LogP contribution in [0.2, 0.25) is 0 Å². The van der Waals surface area contributed by atoms with Crippen LogP contribution in [0.4, 0.5) is 0 Å². The first kappa shape index (κ1) is 12.9. The van der Waals surface area contributed by atoms with E-state index in [9.17, 15) is 0 Å². The molecular weight excluding hydrogens is 254 g/mol. The SMILES string of the molecule is CCNC(c1ccoc1)c1cc2c(s1)CCCCC2. The number of rotatable bonds is 4. The fourth-order valence-electron chi connectivity index (χ4n) is 2.86. The van der Waals surface area contributed by atoms with Crippen LogP contribution < -0.4 is 5.32 Å². The molecule has 0 fully saturated rings. The van der Waals surface area contributed by atoms with Gasteiger partial charge >= 0.3 is 0 Å². The second-order valence-electron chi connectivity index (χ2n) is 5.21. The van der Waals surface area contributed by atoms with Crippen molar-refractivity contribution >= 4 is 11.3 Å². The zero-order valence-electron chi connectivity index (χ0n) is 11.4. The van der Waals surface area contributed by atoms with E-state index in [0.717, 1.165) is 6.54 Å². The molecule has 0 amide bonds. The monoisotopic (exact) mass is 275 g/mol. The minimum atomic E-state index is 0.292. The van der Waals surface area contributed by atoms with Crippen molar-refractivity contribution in [1.29, 1.82) is 0 Å². The van der Waals surface area contributed by atoms with Gasteiger partial charge < -0.3 is 9.73 Å². The molecule has 1 N–H and O–H groups in total. The van der Waals surface area contributed by atoms with Crippen LogP contribution in [0.15, 0.2) is 29.1 Å². The molecule has 2 aromatic rings. The predicted molar refractivity (Wildman–Crippen MR) is 79.8 cm³/mol. The number of fused-ring (bicyclic) bond motifs is 1. The highest BCUT2D eigenvalue weighted by Gasteiger charge is 2.20. The lowest BCUT2D eigenvalue weighted by molar-refractivity contribution is 0.554. The molecule has 102 valence electrons. The molecule has 2 aromatic heterocycles. The lowest BCUT2D eigenvalue weighted by atomic mass is 10.1. The lowest BCUT2D eigenvalue weighted by Crippen LogP contribution is -2.20. The van der Waals surface area contributed by atoms with E-state index in [-0.39, 0.29) is 0 Å². The molecule has 0 aromatic carbocycles. The summed E-state index contributed by atoms with van der Waals surface area (Å²) in [6.07, 6.45) is 10.2. The number of aryl methyl sites for hydroxylation is 2.